The molecule has 0 radical (unpaired) electrons. The number of aliphatic carboxylic acids is 1. The second-order valence-electron chi connectivity index (χ2n) is 6.09. The van der Waals surface area contributed by atoms with Gasteiger partial charge in [0.05, 0.1) is 0 Å². The number of hydrogen-bond donors (Lipinski definition) is 1. The highest BCUT2D eigenvalue weighted by Crippen LogP contribution is 2.41. The Kier molecular flexibility index (Phi) is 3.33. The van der Waals surface area contributed by atoms with Gasteiger partial charge in [-0.25, -0.2) is 4.79 Å². The molecule has 1 heterocycles. The highest BCUT2D eigenvalue weighted by Gasteiger charge is 2.48. The van der Waals surface area contributed by atoms with Gasteiger partial charge in [-0.05, 0) is 38.0 Å². The van der Waals surface area contributed by atoms with Gasteiger partial charge in [0.25, 0.3) is 0 Å². The van der Waals surface area contributed by atoms with Gasteiger partial charge in [-0.3, -0.25) is 4.79 Å². The fraction of sp³-hybridized carbons (Fsp3) is 0.733. The Hall–Kier alpha value is -1.32. The summed E-state index contributed by atoms with van der Waals surface area (Å²) in [4.78, 5) is 25.8. The molecule has 0 spiro atoms. The first-order chi connectivity index (χ1) is 9.18. The van der Waals surface area contributed by atoms with Gasteiger partial charge >= 0.3 is 5.97 Å². The van der Waals surface area contributed by atoms with Crippen LogP contribution < -0.4 is 0 Å². The standard InChI is InChI=1S/C15H21NO3/c17-14(10-5-1-2-6-10)16-12-8-4-3-7-11(12)9-13(16)15(18)19/h1-2,10-13H,3-9H2,(H,18,19)/t11-,12-,13-/m0/s1. The summed E-state index contributed by atoms with van der Waals surface area (Å²) in [5.41, 5.74) is 0. The largest absolute Gasteiger partial charge is 0.480 e. The first-order valence-electron chi connectivity index (χ1n) is 7.38. The Morgan fingerprint density at radius 3 is 2.47 bits per heavy atom. The number of hydrogen-bond acceptors (Lipinski definition) is 2. The fourth-order valence-corrected chi connectivity index (χ4v) is 4.03. The van der Waals surface area contributed by atoms with Crippen LogP contribution in [-0.2, 0) is 9.59 Å². The van der Waals surface area contributed by atoms with Crippen LogP contribution in [0.25, 0.3) is 0 Å². The number of allylic oxidation sites excluding steroid dienone is 2. The third kappa shape index (κ3) is 2.17. The van der Waals surface area contributed by atoms with Crippen molar-refractivity contribution < 1.29 is 14.7 Å². The van der Waals surface area contributed by atoms with Gasteiger partial charge in [0.2, 0.25) is 5.91 Å². The molecule has 0 unspecified atom stereocenters. The molecule has 1 aliphatic heterocycles. The zero-order valence-corrected chi connectivity index (χ0v) is 11.1. The van der Waals surface area contributed by atoms with Gasteiger partial charge in [-0.15, -0.1) is 0 Å². The fourth-order valence-electron chi connectivity index (χ4n) is 4.03. The lowest BCUT2D eigenvalue weighted by Gasteiger charge is -2.34. The van der Waals surface area contributed by atoms with Crippen LogP contribution >= 0.6 is 0 Å². The molecule has 0 aromatic heterocycles. The van der Waals surface area contributed by atoms with Crippen molar-refractivity contribution in [2.45, 2.75) is 57.0 Å². The molecule has 2 aliphatic carbocycles. The van der Waals surface area contributed by atoms with E-state index in [9.17, 15) is 14.7 Å². The summed E-state index contributed by atoms with van der Waals surface area (Å²) < 4.78 is 0. The van der Waals surface area contributed by atoms with Gasteiger partial charge < -0.3 is 10.0 Å². The molecule has 2 fully saturated rings. The van der Waals surface area contributed by atoms with Crippen molar-refractivity contribution in [3.63, 3.8) is 0 Å². The van der Waals surface area contributed by atoms with Crippen molar-refractivity contribution in [3.05, 3.63) is 12.2 Å². The SMILES string of the molecule is O=C(O)[C@@H]1C[C@@H]2CCCC[C@@H]2N1C(=O)C1CC=CC1. The van der Waals surface area contributed by atoms with E-state index in [4.69, 9.17) is 0 Å². The number of amides is 1. The monoisotopic (exact) mass is 263 g/mol. The number of carbonyl (C=O) groups is 2. The number of carboxylic acids is 1. The molecule has 19 heavy (non-hydrogen) atoms. The normalized spacial score (nSPS) is 34.5. The maximum atomic E-state index is 12.6. The van der Waals surface area contributed by atoms with Crippen LogP contribution in [0, 0.1) is 11.8 Å². The predicted molar refractivity (Wildman–Crippen MR) is 70.5 cm³/mol. The van der Waals surface area contributed by atoms with Gasteiger partial charge in [0.1, 0.15) is 6.04 Å². The molecule has 1 amide bonds. The summed E-state index contributed by atoms with van der Waals surface area (Å²) in [5, 5.41) is 9.41. The Labute approximate surface area is 113 Å². The van der Waals surface area contributed by atoms with Crippen LogP contribution in [-0.4, -0.2) is 34.0 Å². The number of carboxylic acid groups (broad SMARTS) is 1. The van der Waals surface area contributed by atoms with E-state index in [1.165, 1.54) is 6.42 Å². The molecule has 3 aliphatic rings. The van der Waals surface area contributed by atoms with E-state index in [-0.39, 0.29) is 17.9 Å². The topological polar surface area (TPSA) is 57.6 Å². The van der Waals surface area contributed by atoms with Gasteiger partial charge in [0, 0.05) is 12.0 Å². The van der Waals surface area contributed by atoms with E-state index in [2.05, 4.69) is 0 Å². The Balaban J connectivity index is 1.81. The van der Waals surface area contributed by atoms with Crippen LogP contribution in [0.15, 0.2) is 12.2 Å². The van der Waals surface area contributed by atoms with Crippen molar-refractivity contribution >= 4 is 11.9 Å². The highest BCUT2D eigenvalue weighted by molar-refractivity contribution is 5.86. The van der Waals surface area contributed by atoms with Gasteiger partial charge in [0.15, 0.2) is 0 Å². The molecule has 1 saturated heterocycles. The molecule has 3 rings (SSSR count). The summed E-state index contributed by atoms with van der Waals surface area (Å²) >= 11 is 0. The lowest BCUT2D eigenvalue weighted by molar-refractivity contribution is -0.151. The van der Waals surface area contributed by atoms with Crippen molar-refractivity contribution in [1.29, 1.82) is 0 Å². The molecule has 3 atom stereocenters. The summed E-state index contributed by atoms with van der Waals surface area (Å²) in [6, 6.07) is -0.399. The first-order valence-corrected chi connectivity index (χ1v) is 7.38. The summed E-state index contributed by atoms with van der Waals surface area (Å²) in [7, 11) is 0. The van der Waals surface area contributed by atoms with Gasteiger partial charge in [-0.2, -0.15) is 0 Å². The van der Waals surface area contributed by atoms with Crippen molar-refractivity contribution in [2.24, 2.45) is 11.8 Å². The molecular weight excluding hydrogens is 242 g/mol. The number of nitrogens with zero attached hydrogens (tertiary/aromatic N) is 1. The molecule has 0 bridgehead atoms. The van der Waals surface area contributed by atoms with Gasteiger partial charge in [-0.1, -0.05) is 25.0 Å². The number of likely N-dealkylation sites (tertiary alicyclic amines) is 1. The predicted octanol–water partition coefficient (Wildman–Crippen LogP) is 2.20. The molecule has 4 heteroatoms. The quantitative estimate of drug-likeness (QED) is 0.777. The molecule has 1 N–H and O–H groups in total. The summed E-state index contributed by atoms with van der Waals surface area (Å²) in [6.07, 6.45) is 10.7. The maximum Gasteiger partial charge on any atom is 0.326 e. The number of carbonyl (C=O) groups excluding carboxylic acids is 1. The summed E-state index contributed by atoms with van der Waals surface area (Å²) in [6.45, 7) is 0. The average molecular weight is 263 g/mol. The second kappa shape index (κ2) is 4.99. The Morgan fingerprint density at radius 1 is 1.11 bits per heavy atom. The zero-order valence-electron chi connectivity index (χ0n) is 11.1. The lowest BCUT2D eigenvalue weighted by atomic mass is 9.84. The molecule has 0 aromatic rings. The van der Waals surface area contributed by atoms with Crippen LogP contribution in [0.2, 0.25) is 0 Å². The molecular formula is C15H21NO3. The highest BCUT2D eigenvalue weighted by atomic mass is 16.4. The molecule has 104 valence electrons. The van der Waals surface area contributed by atoms with Crippen LogP contribution in [0.5, 0.6) is 0 Å². The van der Waals surface area contributed by atoms with E-state index in [1.807, 2.05) is 12.2 Å². The third-order valence-electron chi connectivity index (χ3n) is 4.98. The maximum absolute atomic E-state index is 12.6. The van der Waals surface area contributed by atoms with Crippen molar-refractivity contribution in [1.82, 2.24) is 4.90 Å². The summed E-state index contributed by atoms with van der Waals surface area (Å²) in [5.74, 6) is -0.351. The minimum atomic E-state index is -0.825. The molecule has 0 aromatic carbocycles. The zero-order chi connectivity index (χ0) is 13.4. The van der Waals surface area contributed by atoms with E-state index >= 15 is 0 Å². The third-order valence-corrected chi connectivity index (χ3v) is 4.98. The van der Waals surface area contributed by atoms with Crippen LogP contribution in [0.4, 0.5) is 0 Å². The van der Waals surface area contributed by atoms with Crippen LogP contribution in [0.3, 0.4) is 0 Å². The molecule has 4 nitrogen and oxygen atoms in total. The Morgan fingerprint density at radius 2 is 1.79 bits per heavy atom. The van der Waals surface area contributed by atoms with Crippen LogP contribution in [0.1, 0.15) is 44.9 Å². The Bertz CT molecular complexity index is 410. The average Bonchev–Trinajstić information content (AvgIpc) is 3.05. The lowest BCUT2D eigenvalue weighted by Crippen LogP contribution is -2.48. The minimum absolute atomic E-state index is 0.0115. The van der Waals surface area contributed by atoms with E-state index in [0.717, 1.165) is 32.1 Å². The molecule has 1 saturated carbocycles. The van der Waals surface area contributed by atoms with E-state index in [0.29, 0.717) is 12.3 Å². The number of rotatable bonds is 2. The first kappa shape index (κ1) is 12.7. The second-order valence-corrected chi connectivity index (χ2v) is 6.09. The van der Waals surface area contributed by atoms with E-state index < -0.39 is 12.0 Å². The van der Waals surface area contributed by atoms with Crippen molar-refractivity contribution in [2.75, 3.05) is 0 Å². The number of fused-ring (bicyclic) bond motifs is 1. The smallest absolute Gasteiger partial charge is 0.326 e. The van der Waals surface area contributed by atoms with E-state index in [1.54, 1.807) is 4.90 Å². The minimum Gasteiger partial charge on any atom is -0.480 e. The van der Waals surface area contributed by atoms with Crippen molar-refractivity contribution in [3.8, 4) is 0 Å².